The second kappa shape index (κ2) is 7.87. The van der Waals surface area contributed by atoms with E-state index < -0.39 is 0 Å². The molecule has 0 aliphatic carbocycles. The molecule has 0 spiro atoms. The van der Waals surface area contributed by atoms with Gasteiger partial charge in [-0.25, -0.2) is 4.39 Å². The summed E-state index contributed by atoms with van der Waals surface area (Å²) >= 11 is 0. The van der Waals surface area contributed by atoms with Crippen molar-refractivity contribution in [3.05, 3.63) is 35.6 Å². The maximum absolute atomic E-state index is 13.9. The van der Waals surface area contributed by atoms with Crippen molar-refractivity contribution < 1.29 is 9.13 Å². The van der Waals surface area contributed by atoms with Gasteiger partial charge in [-0.2, -0.15) is 0 Å². The molecule has 118 valence electrons. The largest absolute Gasteiger partial charge is 0.380 e. The minimum atomic E-state index is -0.126. The molecule has 4 heteroatoms. The topological polar surface area (TPSA) is 24.5 Å². The Labute approximate surface area is 127 Å². The number of likely N-dealkylation sites (tertiary alicyclic amines) is 1. The van der Waals surface area contributed by atoms with Gasteiger partial charge in [0.05, 0.1) is 6.10 Å². The fourth-order valence-corrected chi connectivity index (χ4v) is 3.13. The summed E-state index contributed by atoms with van der Waals surface area (Å²) in [6.45, 7) is 5.30. The average Bonchev–Trinajstić information content (AvgIpc) is 2.51. The molecule has 0 bridgehead atoms. The van der Waals surface area contributed by atoms with Crippen LogP contribution in [-0.2, 0) is 4.74 Å². The molecular formula is C17H27FN2O. The van der Waals surface area contributed by atoms with Gasteiger partial charge < -0.3 is 15.0 Å². The fourth-order valence-electron chi connectivity index (χ4n) is 3.13. The monoisotopic (exact) mass is 294 g/mol. The Morgan fingerprint density at radius 1 is 1.43 bits per heavy atom. The normalized spacial score (nSPS) is 25.0. The maximum Gasteiger partial charge on any atom is 0.127 e. The Balaban J connectivity index is 1.90. The Morgan fingerprint density at radius 2 is 2.19 bits per heavy atom. The van der Waals surface area contributed by atoms with E-state index in [1.54, 1.807) is 13.2 Å². The second-order valence-corrected chi connectivity index (χ2v) is 5.99. The minimum absolute atomic E-state index is 0.0616. The number of ether oxygens (including phenoxy) is 1. The van der Waals surface area contributed by atoms with Crippen LogP contribution < -0.4 is 5.32 Å². The first-order chi connectivity index (χ1) is 10.2. The van der Waals surface area contributed by atoms with Crippen LogP contribution in [0, 0.1) is 11.7 Å². The molecule has 3 unspecified atom stereocenters. The van der Waals surface area contributed by atoms with Crippen LogP contribution in [0.25, 0.3) is 0 Å². The van der Waals surface area contributed by atoms with Gasteiger partial charge in [-0.15, -0.1) is 0 Å². The predicted molar refractivity (Wildman–Crippen MR) is 83.8 cm³/mol. The number of hydrogen-bond donors (Lipinski definition) is 1. The Hall–Kier alpha value is -0.970. The lowest BCUT2D eigenvalue weighted by atomic mass is 9.95. The van der Waals surface area contributed by atoms with Gasteiger partial charge in [0.25, 0.3) is 0 Å². The number of rotatable bonds is 6. The maximum atomic E-state index is 13.9. The van der Waals surface area contributed by atoms with Crippen molar-refractivity contribution in [2.45, 2.75) is 31.9 Å². The van der Waals surface area contributed by atoms with Crippen molar-refractivity contribution in [2.24, 2.45) is 5.92 Å². The van der Waals surface area contributed by atoms with E-state index >= 15 is 0 Å². The molecule has 0 radical (unpaired) electrons. The van der Waals surface area contributed by atoms with Gasteiger partial charge in [-0.3, -0.25) is 0 Å². The molecule has 1 N–H and O–H groups in total. The summed E-state index contributed by atoms with van der Waals surface area (Å²) in [7, 11) is 3.69. The number of hydrogen-bond acceptors (Lipinski definition) is 3. The van der Waals surface area contributed by atoms with E-state index in [0.29, 0.717) is 12.0 Å². The number of piperidine rings is 1. The van der Waals surface area contributed by atoms with E-state index in [2.05, 4.69) is 17.1 Å². The van der Waals surface area contributed by atoms with Crippen molar-refractivity contribution in [2.75, 3.05) is 33.8 Å². The molecule has 1 aliphatic rings. The third kappa shape index (κ3) is 4.25. The van der Waals surface area contributed by atoms with E-state index in [4.69, 9.17) is 4.74 Å². The first kappa shape index (κ1) is 16.4. The molecule has 3 atom stereocenters. The average molecular weight is 294 g/mol. The third-order valence-electron chi connectivity index (χ3n) is 4.64. The summed E-state index contributed by atoms with van der Waals surface area (Å²) in [6, 6.07) is 7.09. The van der Waals surface area contributed by atoms with Crippen LogP contribution in [0.3, 0.4) is 0 Å². The molecule has 21 heavy (non-hydrogen) atoms. The van der Waals surface area contributed by atoms with Crippen molar-refractivity contribution in [1.82, 2.24) is 10.2 Å². The van der Waals surface area contributed by atoms with Crippen molar-refractivity contribution in [1.29, 1.82) is 0 Å². The van der Waals surface area contributed by atoms with E-state index in [9.17, 15) is 4.39 Å². The van der Waals surface area contributed by atoms with Crippen LogP contribution in [0.1, 0.15) is 31.4 Å². The highest BCUT2D eigenvalue weighted by Gasteiger charge is 2.26. The van der Waals surface area contributed by atoms with Crippen LogP contribution in [-0.4, -0.2) is 44.8 Å². The molecule has 0 aromatic heterocycles. The molecule has 1 aromatic carbocycles. The molecule has 1 aliphatic heterocycles. The quantitative estimate of drug-likeness (QED) is 0.873. The second-order valence-electron chi connectivity index (χ2n) is 5.99. The number of nitrogens with one attached hydrogen (secondary N) is 1. The molecule has 0 saturated carbocycles. The van der Waals surface area contributed by atoms with Gasteiger partial charge in [0.2, 0.25) is 0 Å². The molecule has 0 amide bonds. The van der Waals surface area contributed by atoms with Gasteiger partial charge in [-0.05, 0) is 38.4 Å². The summed E-state index contributed by atoms with van der Waals surface area (Å²) in [4.78, 5) is 2.43. The van der Waals surface area contributed by atoms with Crippen molar-refractivity contribution in [3.8, 4) is 0 Å². The highest BCUT2D eigenvalue weighted by molar-refractivity contribution is 5.21. The van der Waals surface area contributed by atoms with E-state index in [0.717, 1.165) is 31.6 Å². The lowest BCUT2D eigenvalue weighted by molar-refractivity contribution is -0.00579. The SMILES string of the molecule is CNC(CCN1CCC(C)C(OC)C1)c1ccccc1F. The first-order valence-electron chi connectivity index (χ1n) is 7.82. The Kier molecular flexibility index (Phi) is 6.15. The molecule has 2 rings (SSSR count). The Bertz CT molecular complexity index is 441. The zero-order valence-corrected chi connectivity index (χ0v) is 13.3. The number of nitrogens with zero attached hydrogens (tertiary/aromatic N) is 1. The van der Waals surface area contributed by atoms with Crippen LogP contribution >= 0.6 is 0 Å². The summed E-state index contributed by atoms with van der Waals surface area (Å²) in [5.41, 5.74) is 0.758. The lowest BCUT2D eigenvalue weighted by Crippen LogP contribution is -2.44. The van der Waals surface area contributed by atoms with Crippen LogP contribution in [0.4, 0.5) is 4.39 Å². The molecule has 1 saturated heterocycles. The fraction of sp³-hybridized carbons (Fsp3) is 0.647. The van der Waals surface area contributed by atoms with Gasteiger partial charge >= 0.3 is 0 Å². The lowest BCUT2D eigenvalue weighted by Gasteiger charge is -2.36. The summed E-state index contributed by atoms with van der Waals surface area (Å²) < 4.78 is 19.4. The minimum Gasteiger partial charge on any atom is -0.380 e. The molecule has 3 nitrogen and oxygen atoms in total. The van der Waals surface area contributed by atoms with Gasteiger partial charge in [0.1, 0.15) is 5.82 Å². The summed E-state index contributed by atoms with van der Waals surface area (Å²) in [5, 5.41) is 3.23. The van der Waals surface area contributed by atoms with Crippen LogP contribution in [0.15, 0.2) is 24.3 Å². The molecule has 1 aromatic rings. The third-order valence-corrected chi connectivity index (χ3v) is 4.64. The smallest absolute Gasteiger partial charge is 0.127 e. The summed E-state index contributed by atoms with van der Waals surface area (Å²) in [5.74, 6) is 0.497. The molecular weight excluding hydrogens is 267 g/mol. The van der Waals surface area contributed by atoms with Crippen LogP contribution in [0.5, 0.6) is 0 Å². The predicted octanol–water partition coefficient (Wildman–Crippen LogP) is 2.83. The van der Waals surface area contributed by atoms with Crippen LogP contribution in [0.2, 0.25) is 0 Å². The first-order valence-corrected chi connectivity index (χ1v) is 7.82. The molecule has 1 heterocycles. The standard InChI is InChI=1S/C17H27FN2O/c1-13-8-10-20(12-17(13)21-3)11-9-16(19-2)14-6-4-5-7-15(14)18/h4-7,13,16-17,19H,8-12H2,1-3H3. The van der Waals surface area contributed by atoms with Crippen molar-refractivity contribution >= 4 is 0 Å². The number of methoxy groups -OCH3 is 1. The van der Waals surface area contributed by atoms with E-state index in [-0.39, 0.29) is 11.9 Å². The number of halogens is 1. The summed E-state index contributed by atoms with van der Waals surface area (Å²) in [6.07, 6.45) is 2.39. The zero-order valence-electron chi connectivity index (χ0n) is 13.3. The number of benzene rings is 1. The van der Waals surface area contributed by atoms with E-state index in [1.165, 1.54) is 12.5 Å². The van der Waals surface area contributed by atoms with Gasteiger partial charge in [-0.1, -0.05) is 25.1 Å². The van der Waals surface area contributed by atoms with E-state index in [1.807, 2.05) is 19.2 Å². The highest BCUT2D eigenvalue weighted by Crippen LogP contribution is 2.23. The zero-order chi connectivity index (χ0) is 15.2. The highest BCUT2D eigenvalue weighted by atomic mass is 19.1. The van der Waals surface area contributed by atoms with Gasteiger partial charge in [0.15, 0.2) is 0 Å². The molecule has 1 fully saturated rings. The van der Waals surface area contributed by atoms with Gasteiger partial charge in [0, 0.05) is 31.8 Å². The Morgan fingerprint density at radius 3 is 2.86 bits per heavy atom. The van der Waals surface area contributed by atoms with Crippen molar-refractivity contribution in [3.63, 3.8) is 0 Å².